The molecule has 5 heteroatoms. The molecular formula is C19H14BiFO2S. The Morgan fingerprint density at radius 3 is 2.25 bits per heavy atom. The number of fused-ring (bicyclic) bond motifs is 2. The first-order valence-corrected chi connectivity index (χ1v) is 14.2. The van der Waals surface area contributed by atoms with Crippen molar-refractivity contribution in [3.05, 3.63) is 78.1 Å². The summed E-state index contributed by atoms with van der Waals surface area (Å²) in [5.74, 6) is -0.379. The van der Waals surface area contributed by atoms with Gasteiger partial charge in [0.2, 0.25) is 0 Å². The van der Waals surface area contributed by atoms with Gasteiger partial charge in [-0.1, -0.05) is 0 Å². The number of hydrogen-bond acceptors (Lipinski definition) is 2. The second-order valence-corrected chi connectivity index (χ2v) is 16.0. The van der Waals surface area contributed by atoms with Gasteiger partial charge in [0.1, 0.15) is 0 Å². The molecule has 0 N–H and O–H groups in total. The van der Waals surface area contributed by atoms with E-state index in [0.717, 1.165) is 12.1 Å². The molecule has 4 rings (SSSR count). The molecule has 120 valence electrons. The van der Waals surface area contributed by atoms with Gasteiger partial charge in [0.05, 0.1) is 0 Å². The van der Waals surface area contributed by atoms with Crippen LogP contribution in [0, 0.1) is 12.7 Å². The van der Waals surface area contributed by atoms with Gasteiger partial charge in [0, 0.05) is 0 Å². The summed E-state index contributed by atoms with van der Waals surface area (Å²) >= 11 is -2.84. The van der Waals surface area contributed by atoms with Crippen LogP contribution in [0.15, 0.2) is 76.5 Å². The fraction of sp³-hybridized carbons (Fsp3) is 0.0526. The first kappa shape index (κ1) is 15.9. The summed E-state index contributed by atoms with van der Waals surface area (Å²) < 4.78 is 42.6. The quantitative estimate of drug-likeness (QED) is 0.276. The molecule has 0 radical (unpaired) electrons. The fourth-order valence-electron chi connectivity index (χ4n) is 2.98. The average molecular weight is 534 g/mol. The predicted molar refractivity (Wildman–Crippen MR) is 94.1 cm³/mol. The van der Waals surface area contributed by atoms with Crippen LogP contribution in [0.2, 0.25) is 0 Å². The zero-order valence-corrected chi connectivity index (χ0v) is 17.2. The molecule has 24 heavy (non-hydrogen) atoms. The Morgan fingerprint density at radius 2 is 1.50 bits per heavy atom. The van der Waals surface area contributed by atoms with E-state index in [2.05, 4.69) is 12.1 Å². The maximum absolute atomic E-state index is 13.9. The third-order valence-corrected chi connectivity index (χ3v) is 17.1. The monoisotopic (exact) mass is 534 g/mol. The van der Waals surface area contributed by atoms with Crippen molar-refractivity contribution in [2.24, 2.45) is 0 Å². The third-order valence-electron chi connectivity index (χ3n) is 4.14. The van der Waals surface area contributed by atoms with E-state index in [1.165, 1.54) is 18.2 Å². The standard InChI is InChI=1S/C12H7FO2S.C7H7.Bi/c13-10-6-8-12(9-7-10)16(14,15)11-4-2-1-3-5-11;1-7-5-3-2-4-6-7;/h1-4,6-8H;3-6H,1H3;. The number of rotatable bonds is 1. The van der Waals surface area contributed by atoms with Crippen molar-refractivity contribution >= 4 is 41.4 Å². The van der Waals surface area contributed by atoms with Crippen molar-refractivity contribution in [2.45, 2.75) is 16.7 Å². The second kappa shape index (κ2) is 5.75. The number of aryl methyl sites for hydroxylation is 1. The molecule has 0 saturated carbocycles. The van der Waals surface area contributed by atoms with Crippen molar-refractivity contribution in [2.75, 3.05) is 0 Å². The predicted octanol–water partition coefficient (Wildman–Crippen LogP) is 1.80. The van der Waals surface area contributed by atoms with Crippen molar-refractivity contribution in [1.82, 2.24) is 0 Å². The zero-order valence-electron chi connectivity index (χ0n) is 12.9. The molecule has 1 aliphatic rings. The first-order valence-electron chi connectivity index (χ1n) is 7.49. The number of sulfone groups is 1. The van der Waals surface area contributed by atoms with Crippen LogP contribution in [-0.4, -0.2) is 30.2 Å². The average Bonchev–Trinajstić information content (AvgIpc) is 2.56. The number of halogens is 1. The Morgan fingerprint density at radius 1 is 0.833 bits per heavy atom. The SMILES string of the molecule is Cc1cc[c]([Bi]2[c]3ccccc3S(=O)(=O)c3ccc(F)c[c]32)cc1. The minimum atomic E-state index is -3.58. The van der Waals surface area contributed by atoms with E-state index in [4.69, 9.17) is 0 Å². The molecule has 0 aliphatic carbocycles. The summed E-state index contributed by atoms with van der Waals surface area (Å²) in [4.78, 5) is 0.670. The van der Waals surface area contributed by atoms with Crippen LogP contribution in [-0.2, 0) is 9.84 Å². The normalized spacial score (nSPS) is 15.6. The molecule has 0 spiro atoms. The van der Waals surface area contributed by atoms with Gasteiger partial charge >= 0.3 is 149 Å². The Kier molecular flexibility index (Phi) is 3.81. The van der Waals surface area contributed by atoms with Crippen LogP contribution in [0.25, 0.3) is 0 Å². The van der Waals surface area contributed by atoms with E-state index in [0.29, 0.717) is 8.17 Å². The van der Waals surface area contributed by atoms with Crippen LogP contribution in [0.5, 0.6) is 0 Å². The van der Waals surface area contributed by atoms with Gasteiger partial charge in [0.25, 0.3) is 0 Å². The molecule has 2 nitrogen and oxygen atoms in total. The number of benzene rings is 3. The van der Waals surface area contributed by atoms with E-state index in [1.54, 1.807) is 12.1 Å². The summed E-state index contributed by atoms with van der Waals surface area (Å²) in [6.07, 6.45) is 0. The van der Waals surface area contributed by atoms with Gasteiger partial charge in [-0.25, -0.2) is 0 Å². The second-order valence-electron chi connectivity index (χ2n) is 5.75. The third kappa shape index (κ3) is 2.42. The Hall–Kier alpha value is -1.58. The van der Waals surface area contributed by atoms with Crippen LogP contribution in [0.4, 0.5) is 4.39 Å². The van der Waals surface area contributed by atoms with Crippen molar-refractivity contribution < 1.29 is 12.8 Å². The van der Waals surface area contributed by atoms with E-state index >= 15 is 0 Å². The van der Waals surface area contributed by atoms with Gasteiger partial charge < -0.3 is 0 Å². The Balaban J connectivity index is 2.08. The van der Waals surface area contributed by atoms with Crippen LogP contribution < -0.4 is 9.81 Å². The topological polar surface area (TPSA) is 34.1 Å². The molecule has 3 aromatic carbocycles. The fourth-order valence-corrected chi connectivity index (χ4v) is 17.9. The van der Waals surface area contributed by atoms with Crippen LogP contribution in [0.1, 0.15) is 5.56 Å². The van der Waals surface area contributed by atoms with Gasteiger partial charge in [-0.3, -0.25) is 0 Å². The molecule has 1 aliphatic heterocycles. The molecule has 1 heterocycles. The molecule has 0 amide bonds. The summed E-state index contributed by atoms with van der Waals surface area (Å²) in [7, 11) is -3.58. The van der Waals surface area contributed by atoms with E-state index < -0.39 is 31.6 Å². The van der Waals surface area contributed by atoms with Gasteiger partial charge in [-0.15, -0.1) is 0 Å². The summed E-state index contributed by atoms with van der Waals surface area (Å²) in [6, 6.07) is 19.5. The van der Waals surface area contributed by atoms with Crippen molar-refractivity contribution in [3.63, 3.8) is 0 Å². The molecule has 3 aromatic rings. The molecule has 0 aromatic heterocycles. The number of hydrogen-bond donors (Lipinski definition) is 0. The summed E-state index contributed by atoms with van der Waals surface area (Å²) in [5, 5.41) is 0. The molecule has 0 unspecified atom stereocenters. The summed E-state index contributed by atoms with van der Waals surface area (Å²) in [6.45, 7) is 2.02. The molecule has 0 saturated heterocycles. The summed E-state index contributed by atoms with van der Waals surface area (Å²) in [5.41, 5.74) is 1.15. The van der Waals surface area contributed by atoms with Gasteiger partial charge in [-0.05, 0) is 0 Å². The molecule has 0 bridgehead atoms. The Bertz CT molecular complexity index is 1040. The molecule has 0 atom stereocenters. The van der Waals surface area contributed by atoms with E-state index in [-0.39, 0.29) is 10.7 Å². The van der Waals surface area contributed by atoms with E-state index in [1.807, 2.05) is 31.2 Å². The van der Waals surface area contributed by atoms with Crippen LogP contribution in [0.3, 0.4) is 0 Å². The van der Waals surface area contributed by atoms with Gasteiger partial charge in [0.15, 0.2) is 0 Å². The van der Waals surface area contributed by atoms with E-state index in [9.17, 15) is 12.8 Å². The van der Waals surface area contributed by atoms with Crippen LogP contribution >= 0.6 is 0 Å². The van der Waals surface area contributed by atoms with Gasteiger partial charge in [-0.2, -0.15) is 0 Å². The molecular weight excluding hydrogens is 520 g/mol. The molecule has 0 fully saturated rings. The van der Waals surface area contributed by atoms with Crippen molar-refractivity contribution in [3.8, 4) is 0 Å². The maximum atomic E-state index is 13.9. The minimum absolute atomic E-state index is 0.279. The first-order chi connectivity index (χ1) is 11.5. The Labute approximate surface area is 148 Å². The zero-order chi connectivity index (χ0) is 16.9. The van der Waals surface area contributed by atoms with Crippen molar-refractivity contribution in [1.29, 1.82) is 0 Å².